The van der Waals surface area contributed by atoms with Crippen molar-refractivity contribution in [2.45, 2.75) is 31.3 Å². The normalized spacial score (nSPS) is 17.2. The van der Waals surface area contributed by atoms with Gasteiger partial charge in [-0.3, -0.25) is 0 Å². The molecule has 96 valence electrons. The van der Waals surface area contributed by atoms with E-state index in [1.165, 1.54) is 19.3 Å². The molecule has 1 fully saturated rings. The van der Waals surface area contributed by atoms with Crippen LogP contribution in [0.15, 0.2) is 18.3 Å². The highest BCUT2D eigenvalue weighted by Crippen LogP contribution is 2.35. The summed E-state index contributed by atoms with van der Waals surface area (Å²) in [4.78, 5) is 6.30. The van der Waals surface area contributed by atoms with Crippen LogP contribution in [0.2, 0.25) is 0 Å². The maximum Gasteiger partial charge on any atom is 0.140 e. The maximum absolute atomic E-state index is 8.80. The first-order valence-electron chi connectivity index (χ1n) is 6.39. The van der Waals surface area contributed by atoms with Crippen LogP contribution in [0.3, 0.4) is 0 Å². The number of hydrogen-bond donors (Lipinski definition) is 1. The summed E-state index contributed by atoms with van der Waals surface area (Å²) in [5, 5.41) is 12.3. The molecule has 1 aromatic heterocycles. The molecular formula is C14H20N4. The van der Waals surface area contributed by atoms with Crippen molar-refractivity contribution in [1.82, 2.24) is 15.2 Å². The third-order valence-corrected chi connectivity index (χ3v) is 3.96. The van der Waals surface area contributed by atoms with Crippen LogP contribution in [0.4, 0.5) is 0 Å². The largest absolute Gasteiger partial charge is 0.311 e. The van der Waals surface area contributed by atoms with Gasteiger partial charge in [0.15, 0.2) is 0 Å². The number of rotatable bonds is 5. The Morgan fingerprint density at radius 2 is 2.28 bits per heavy atom. The van der Waals surface area contributed by atoms with Gasteiger partial charge in [-0.2, -0.15) is 5.26 Å². The maximum atomic E-state index is 8.80. The third-order valence-electron chi connectivity index (χ3n) is 3.96. The Labute approximate surface area is 109 Å². The van der Waals surface area contributed by atoms with E-state index >= 15 is 0 Å². The van der Waals surface area contributed by atoms with E-state index in [0.717, 1.165) is 18.7 Å². The molecule has 1 N–H and O–H groups in total. The number of nitriles is 1. The fourth-order valence-corrected chi connectivity index (χ4v) is 2.45. The van der Waals surface area contributed by atoms with Gasteiger partial charge in [-0.15, -0.1) is 0 Å². The summed E-state index contributed by atoms with van der Waals surface area (Å²) in [5.41, 5.74) is 1.94. The average Bonchev–Trinajstić information content (AvgIpc) is 2.32. The van der Waals surface area contributed by atoms with Crippen LogP contribution < -0.4 is 5.32 Å². The second kappa shape index (κ2) is 5.47. The molecule has 0 atom stereocenters. The zero-order valence-electron chi connectivity index (χ0n) is 11.1. The van der Waals surface area contributed by atoms with Crippen LogP contribution in [0.25, 0.3) is 0 Å². The highest BCUT2D eigenvalue weighted by Gasteiger charge is 2.38. The molecular weight excluding hydrogens is 224 g/mol. The van der Waals surface area contributed by atoms with Gasteiger partial charge in [0.2, 0.25) is 0 Å². The van der Waals surface area contributed by atoms with E-state index in [2.05, 4.69) is 35.4 Å². The molecule has 0 aliphatic heterocycles. The molecule has 4 nitrogen and oxygen atoms in total. The molecule has 2 rings (SSSR count). The Bertz CT molecular complexity index is 443. The van der Waals surface area contributed by atoms with E-state index in [4.69, 9.17) is 5.26 Å². The van der Waals surface area contributed by atoms with Crippen molar-refractivity contribution in [3.8, 4) is 6.07 Å². The summed E-state index contributed by atoms with van der Waals surface area (Å²) in [6.45, 7) is 1.80. The minimum Gasteiger partial charge on any atom is -0.311 e. The quantitative estimate of drug-likeness (QED) is 0.853. The minimum atomic E-state index is 0.338. The fourth-order valence-electron chi connectivity index (χ4n) is 2.45. The van der Waals surface area contributed by atoms with Crippen molar-refractivity contribution < 1.29 is 0 Å². The first-order chi connectivity index (χ1) is 8.66. The monoisotopic (exact) mass is 244 g/mol. The van der Waals surface area contributed by atoms with Crippen LogP contribution in [-0.4, -0.2) is 36.1 Å². The van der Waals surface area contributed by atoms with E-state index < -0.39 is 0 Å². The zero-order valence-corrected chi connectivity index (χ0v) is 11.1. The number of hydrogen-bond acceptors (Lipinski definition) is 4. The molecule has 0 unspecified atom stereocenters. The van der Waals surface area contributed by atoms with E-state index in [9.17, 15) is 0 Å². The van der Waals surface area contributed by atoms with Crippen molar-refractivity contribution in [3.05, 3.63) is 29.6 Å². The Balaban J connectivity index is 1.86. The summed E-state index contributed by atoms with van der Waals surface area (Å²) in [6, 6.07) is 5.87. The molecule has 0 spiro atoms. The predicted molar refractivity (Wildman–Crippen MR) is 70.9 cm³/mol. The molecule has 0 radical (unpaired) electrons. The molecule has 18 heavy (non-hydrogen) atoms. The second-order valence-corrected chi connectivity index (χ2v) is 5.24. The lowest BCUT2D eigenvalue weighted by Gasteiger charge is -2.47. The fraction of sp³-hybridized carbons (Fsp3) is 0.571. The lowest BCUT2D eigenvalue weighted by Crippen LogP contribution is -2.56. The standard InChI is InChI=1S/C14H20N4/c1-18(2)14(5-3-6-14)11-16-10-12-4-7-17-13(8-12)9-15/h4,7-8,16H,3,5-6,10-11H2,1-2H3. The van der Waals surface area contributed by atoms with Crippen molar-refractivity contribution in [3.63, 3.8) is 0 Å². The molecule has 0 saturated heterocycles. The van der Waals surface area contributed by atoms with Crippen LogP contribution in [0.1, 0.15) is 30.5 Å². The van der Waals surface area contributed by atoms with E-state index in [1.807, 2.05) is 12.1 Å². The number of pyridine rings is 1. The Morgan fingerprint density at radius 3 is 2.83 bits per heavy atom. The molecule has 1 aliphatic rings. The van der Waals surface area contributed by atoms with Gasteiger partial charge in [-0.25, -0.2) is 4.98 Å². The average molecular weight is 244 g/mol. The van der Waals surface area contributed by atoms with Gasteiger partial charge in [-0.1, -0.05) is 0 Å². The van der Waals surface area contributed by atoms with E-state index in [1.54, 1.807) is 6.20 Å². The van der Waals surface area contributed by atoms with Crippen molar-refractivity contribution in [1.29, 1.82) is 5.26 Å². The van der Waals surface area contributed by atoms with Gasteiger partial charge in [-0.05, 0) is 51.1 Å². The van der Waals surface area contributed by atoms with Crippen LogP contribution in [-0.2, 0) is 6.54 Å². The number of aromatic nitrogens is 1. The molecule has 1 heterocycles. The summed E-state index contributed by atoms with van der Waals surface area (Å²) in [6.07, 6.45) is 5.56. The lowest BCUT2D eigenvalue weighted by atomic mass is 9.75. The SMILES string of the molecule is CN(C)C1(CNCc2ccnc(C#N)c2)CCC1. The van der Waals surface area contributed by atoms with Gasteiger partial charge >= 0.3 is 0 Å². The van der Waals surface area contributed by atoms with Crippen LogP contribution in [0, 0.1) is 11.3 Å². The van der Waals surface area contributed by atoms with Gasteiger partial charge in [0, 0.05) is 24.8 Å². The van der Waals surface area contributed by atoms with Crippen LogP contribution >= 0.6 is 0 Å². The molecule has 0 bridgehead atoms. The molecule has 4 heteroatoms. The Kier molecular flexibility index (Phi) is 3.95. The Morgan fingerprint density at radius 1 is 1.50 bits per heavy atom. The van der Waals surface area contributed by atoms with Gasteiger partial charge in [0.25, 0.3) is 0 Å². The first-order valence-corrected chi connectivity index (χ1v) is 6.39. The highest BCUT2D eigenvalue weighted by molar-refractivity contribution is 5.25. The molecule has 1 saturated carbocycles. The predicted octanol–water partition coefficient (Wildman–Crippen LogP) is 1.53. The summed E-state index contributed by atoms with van der Waals surface area (Å²) in [5.74, 6) is 0. The zero-order chi connectivity index (χ0) is 13.0. The molecule has 1 aliphatic carbocycles. The topological polar surface area (TPSA) is 52.0 Å². The molecule has 0 amide bonds. The first kappa shape index (κ1) is 13.0. The summed E-state index contributed by atoms with van der Waals surface area (Å²) in [7, 11) is 4.31. The molecule has 0 aromatic carbocycles. The highest BCUT2D eigenvalue weighted by atomic mass is 15.2. The molecule has 1 aromatic rings. The summed E-state index contributed by atoms with van der Waals surface area (Å²) < 4.78 is 0. The second-order valence-electron chi connectivity index (χ2n) is 5.24. The smallest absolute Gasteiger partial charge is 0.140 e. The number of nitrogens with one attached hydrogen (secondary N) is 1. The van der Waals surface area contributed by atoms with E-state index in [-0.39, 0.29) is 0 Å². The Hall–Kier alpha value is -1.44. The van der Waals surface area contributed by atoms with Crippen molar-refractivity contribution >= 4 is 0 Å². The summed E-state index contributed by atoms with van der Waals surface area (Å²) >= 11 is 0. The number of likely N-dealkylation sites (N-methyl/N-ethyl adjacent to an activating group) is 1. The van der Waals surface area contributed by atoms with Crippen LogP contribution in [0.5, 0.6) is 0 Å². The third kappa shape index (κ3) is 2.69. The van der Waals surface area contributed by atoms with E-state index in [0.29, 0.717) is 11.2 Å². The van der Waals surface area contributed by atoms with Gasteiger partial charge < -0.3 is 10.2 Å². The lowest BCUT2D eigenvalue weighted by molar-refractivity contribution is 0.0598. The van der Waals surface area contributed by atoms with Gasteiger partial charge in [0.05, 0.1) is 0 Å². The number of nitrogens with zero attached hydrogens (tertiary/aromatic N) is 3. The van der Waals surface area contributed by atoms with Gasteiger partial charge in [0.1, 0.15) is 11.8 Å². The van der Waals surface area contributed by atoms with Crippen molar-refractivity contribution in [2.75, 3.05) is 20.6 Å². The van der Waals surface area contributed by atoms with Crippen molar-refractivity contribution in [2.24, 2.45) is 0 Å². The minimum absolute atomic E-state index is 0.338.